The maximum atomic E-state index is 12.1. The predicted molar refractivity (Wildman–Crippen MR) is 97.3 cm³/mol. The van der Waals surface area contributed by atoms with Crippen molar-refractivity contribution in [2.24, 2.45) is 23.7 Å². The van der Waals surface area contributed by atoms with Gasteiger partial charge < -0.3 is 19.7 Å². The van der Waals surface area contributed by atoms with Gasteiger partial charge in [-0.2, -0.15) is 0 Å². The number of ether oxygens (including phenoxy) is 2. The second kappa shape index (κ2) is 11.0. The largest absolute Gasteiger partial charge is 0.481 e. The molecule has 2 N–H and O–H groups in total. The Morgan fingerprint density at radius 1 is 0.607 bits per heavy atom. The number of hydrogen-bond acceptors (Lipinski definition) is 6. The Morgan fingerprint density at radius 3 is 1.25 bits per heavy atom. The number of rotatable bonds is 9. The Balaban J connectivity index is 1.63. The summed E-state index contributed by atoms with van der Waals surface area (Å²) in [7, 11) is 0. The Kier molecular flexibility index (Phi) is 8.73. The fourth-order valence-corrected chi connectivity index (χ4v) is 4.18. The van der Waals surface area contributed by atoms with E-state index in [9.17, 15) is 29.4 Å². The van der Waals surface area contributed by atoms with E-state index in [2.05, 4.69) is 0 Å². The molecule has 2 aliphatic rings. The van der Waals surface area contributed by atoms with Gasteiger partial charge in [-0.1, -0.05) is 25.7 Å². The maximum absolute atomic E-state index is 12.1. The summed E-state index contributed by atoms with van der Waals surface area (Å²) < 4.78 is 10.4. The summed E-state index contributed by atoms with van der Waals surface area (Å²) in [6, 6.07) is 0. The number of carboxylic acids is 2. The fraction of sp³-hybridized carbons (Fsp3) is 0.800. The lowest BCUT2D eigenvalue weighted by Crippen LogP contribution is -2.34. The highest BCUT2D eigenvalue weighted by Crippen LogP contribution is 2.32. The standard InChI is InChI=1S/C20H30O8/c21-17(22)13-7-1-3-9-15(13)19(25)27-11-5-6-12-28-20(26)16-10-4-2-8-14(16)18(23)24/h13-16H,1-12H2,(H,21,22)(H,23,24)/t13-,14+,15-,16-/m1/s1. The average molecular weight is 398 g/mol. The van der Waals surface area contributed by atoms with Crippen LogP contribution >= 0.6 is 0 Å². The number of aliphatic carboxylic acids is 2. The number of carboxylic acid groups (broad SMARTS) is 2. The van der Waals surface area contributed by atoms with Gasteiger partial charge >= 0.3 is 23.9 Å². The van der Waals surface area contributed by atoms with Crippen LogP contribution in [0.1, 0.15) is 64.2 Å². The van der Waals surface area contributed by atoms with Gasteiger partial charge in [0.1, 0.15) is 0 Å². The third kappa shape index (κ3) is 6.21. The van der Waals surface area contributed by atoms with Gasteiger partial charge in [-0.15, -0.1) is 0 Å². The van der Waals surface area contributed by atoms with Crippen molar-refractivity contribution in [3.8, 4) is 0 Å². The molecule has 0 bridgehead atoms. The molecule has 0 saturated heterocycles. The topological polar surface area (TPSA) is 127 Å². The quantitative estimate of drug-likeness (QED) is 0.448. The van der Waals surface area contributed by atoms with Crippen LogP contribution in [0.3, 0.4) is 0 Å². The number of hydrogen-bond donors (Lipinski definition) is 2. The second-order valence-corrected chi connectivity index (χ2v) is 7.71. The van der Waals surface area contributed by atoms with Crippen molar-refractivity contribution in [3.63, 3.8) is 0 Å². The number of carbonyl (C=O) groups excluding carboxylic acids is 2. The monoisotopic (exact) mass is 398 g/mol. The lowest BCUT2D eigenvalue weighted by atomic mass is 9.79. The van der Waals surface area contributed by atoms with E-state index < -0.39 is 47.5 Å². The Morgan fingerprint density at radius 2 is 0.929 bits per heavy atom. The third-order valence-corrected chi connectivity index (χ3v) is 5.80. The second-order valence-electron chi connectivity index (χ2n) is 7.71. The molecule has 0 spiro atoms. The Labute approximate surface area is 164 Å². The summed E-state index contributed by atoms with van der Waals surface area (Å²) in [6.45, 7) is 0.306. The highest BCUT2D eigenvalue weighted by Gasteiger charge is 2.37. The van der Waals surface area contributed by atoms with Crippen molar-refractivity contribution in [1.29, 1.82) is 0 Å². The highest BCUT2D eigenvalue weighted by atomic mass is 16.5. The minimum atomic E-state index is -0.948. The van der Waals surface area contributed by atoms with E-state index in [-0.39, 0.29) is 13.2 Å². The fourth-order valence-electron chi connectivity index (χ4n) is 4.18. The molecule has 8 nitrogen and oxygen atoms in total. The first-order chi connectivity index (χ1) is 13.4. The molecule has 2 fully saturated rings. The zero-order valence-electron chi connectivity index (χ0n) is 16.1. The van der Waals surface area contributed by atoms with Crippen molar-refractivity contribution in [3.05, 3.63) is 0 Å². The summed E-state index contributed by atoms with van der Waals surface area (Å²) in [5, 5.41) is 18.4. The van der Waals surface area contributed by atoms with Gasteiger partial charge in [0.25, 0.3) is 0 Å². The molecule has 0 unspecified atom stereocenters. The number of unbranched alkanes of at least 4 members (excludes halogenated alkanes) is 1. The zero-order valence-corrected chi connectivity index (χ0v) is 16.1. The van der Waals surface area contributed by atoms with E-state index in [1.54, 1.807) is 0 Å². The van der Waals surface area contributed by atoms with Gasteiger partial charge in [0, 0.05) is 0 Å². The van der Waals surface area contributed by atoms with Crippen molar-refractivity contribution in [2.75, 3.05) is 13.2 Å². The summed E-state index contributed by atoms with van der Waals surface area (Å²) in [5.74, 6) is -5.32. The van der Waals surface area contributed by atoms with Crippen LogP contribution in [0.25, 0.3) is 0 Å². The summed E-state index contributed by atoms with van der Waals surface area (Å²) in [4.78, 5) is 46.8. The van der Waals surface area contributed by atoms with Gasteiger partial charge in [0.15, 0.2) is 0 Å². The van der Waals surface area contributed by atoms with Gasteiger partial charge in [-0.25, -0.2) is 0 Å². The molecule has 0 aromatic heterocycles. The van der Waals surface area contributed by atoms with E-state index in [0.29, 0.717) is 38.5 Å². The summed E-state index contributed by atoms with van der Waals surface area (Å²) >= 11 is 0. The van der Waals surface area contributed by atoms with E-state index in [4.69, 9.17) is 9.47 Å². The van der Waals surface area contributed by atoms with Crippen molar-refractivity contribution in [2.45, 2.75) is 64.2 Å². The Hall–Kier alpha value is -2.12. The highest BCUT2D eigenvalue weighted by molar-refractivity contribution is 5.82. The maximum Gasteiger partial charge on any atom is 0.309 e. The van der Waals surface area contributed by atoms with E-state index in [1.165, 1.54) is 0 Å². The van der Waals surface area contributed by atoms with Gasteiger partial charge in [0.05, 0.1) is 36.9 Å². The van der Waals surface area contributed by atoms with E-state index >= 15 is 0 Å². The van der Waals surface area contributed by atoms with Crippen LogP contribution in [-0.2, 0) is 28.7 Å². The lowest BCUT2D eigenvalue weighted by molar-refractivity contribution is -0.160. The molecule has 2 aliphatic carbocycles. The molecular formula is C20H30O8. The molecule has 158 valence electrons. The molecule has 28 heavy (non-hydrogen) atoms. The van der Waals surface area contributed by atoms with Gasteiger partial charge in [-0.3, -0.25) is 19.2 Å². The molecule has 0 heterocycles. The van der Waals surface area contributed by atoms with Crippen LogP contribution in [0, 0.1) is 23.7 Å². The van der Waals surface area contributed by atoms with Crippen LogP contribution in [0.4, 0.5) is 0 Å². The van der Waals surface area contributed by atoms with Crippen molar-refractivity contribution in [1.82, 2.24) is 0 Å². The van der Waals surface area contributed by atoms with Crippen molar-refractivity contribution >= 4 is 23.9 Å². The number of carbonyl (C=O) groups is 4. The van der Waals surface area contributed by atoms with E-state index in [1.807, 2.05) is 0 Å². The molecule has 0 aromatic rings. The lowest BCUT2D eigenvalue weighted by Gasteiger charge is -2.27. The first-order valence-corrected chi connectivity index (χ1v) is 10.2. The normalized spacial score (nSPS) is 27.6. The minimum Gasteiger partial charge on any atom is -0.481 e. The van der Waals surface area contributed by atoms with Crippen LogP contribution < -0.4 is 0 Å². The molecule has 0 amide bonds. The first kappa shape index (κ1) is 22.2. The van der Waals surface area contributed by atoms with Crippen molar-refractivity contribution < 1.29 is 38.9 Å². The van der Waals surface area contributed by atoms with Crippen LogP contribution in [0.5, 0.6) is 0 Å². The smallest absolute Gasteiger partial charge is 0.309 e. The molecule has 0 aliphatic heterocycles. The first-order valence-electron chi connectivity index (χ1n) is 10.2. The van der Waals surface area contributed by atoms with Gasteiger partial charge in [-0.05, 0) is 38.5 Å². The molecule has 0 aromatic carbocycles. The predicted octanol–water partition coefficient (Wildman–Crippen LogP) is 2.63. The van der Waals surface area contributed by atoms with Crippen LogP contribution in [-0.4, -0.2) is 47.3 Å². The molecule has 8 heteroatoms. The molecule has 2 saturated carbocycles. The van der Waals surface area contributed by atoms with Crippen LogP contribution in [0.2, 0.25) is 0 Å². The SMILES string of the molecule is O=C(O)[C@H]1CCCC[C@H]1C(=O)OCCCCOC(=O)[C@@H]1CCCC[C@H]1C(=O)O. The third-order valence-electron chi connectivity index (χ3n) is 5.80. The summed E-state index contributed by atoms with van der Waals surface area (Å²) in [5.41, 5.74) is 0. The van der Waals surface area contributed by atoms with Crippen LogP contribution in [0.15, 0.2) is 0 Å². The molecule has 2 rings (SSSR count). The molecule has 4 atom stereocenters. The zero-order chi connectivity index (χ0) is 20.5. The van der Waals surface area contributed by atoms with E-state index in [0.717, 1.165) is 25.7 Å². The Bertz CT molecular complexity index is 523. The molecule has 0 radical (unpaired) electrons. The average Bonchev–Trinajstić information content (AvgIpc) is 2.70. The minimum absolute atomic E-state index is 0.153. The molecular weight excluding hydrogens is 368 g/mol. The number of esters is 2. The van der Waals surface area contributed by atoms with Gasteiger partial charge in [0.2, 0.25) is 0 Å². The summed E-state index contributed by atoms with van der Waals surface area (Å²) in [6.07, 6.45) is 6.38.